The van der Waals surface area contributed by atoms with Gasteiger partial charge in [0.05, 0.1) is 0 Å². The monoisotopic (exact) mass is 222 g/mol. The van der Waals surface area contributed by atoms with Gasteiger partial charge in [-0.25, -0.2) is 0 Å². The Balaban J connectivity index is -0.0000000450. The number of hydrogen-bond acceptors (Lipinski definition) is 0. The molecule has 0 aromatic rings. The summed E-state index contributed by atoms with van der Waals surface area (Å²) in [6, 6.07) is 0. The van der Waals surface area contributed by atoms with Gasteiger partial charge in [0.1, 0.15) is 0 Å². The normalized spacial score (nSPS) is 4.33. The van der Waals surface area contributed by atoms with E-state index in [0.717, 1.165) is 4.48 Å². The van der Waals surface area contributed by atoms with E-state index in [2.05, 4.69) is 15.9 Å². The number of allylic oxidation sites excluding steroid dienone is 1. The van der Waals surface area contributed by atoms with E-state index in [-0.39, 0.29) is 40.0 Å². The van der Waals surface area contributed by atoms with E-state index >= 15 is 0 Å². The summed E-state index contributed by atoms with van der Waals surface area (Å²) in [6.45, 7) is 6.72. The van der Waals surface area contributed by atoms with Gasteiger partial charge in [-0.15, -0.1) is 0 Å². The summed E-state index contributed by atoms with van der Waals surface area (Å²) in [5.41, 5.74) is 0. The van der Waals surface area contributed by atoms with Crippen molar-refractivity contribution in [2.45, 2.75) is 6.92 Å². The van der Waals surface area contributed by atoms with Gasteiger partial charge in [0, 0.05) is 0 Å². The number of hydrogen-bond donors (Lipinski definition) is 0. The van der Waals surface area contributed by atoms with Gasteiger partial charge in [0.15, 0.2) is 0 Å². The van der Waals surface area contributed by atoms with Crippen molar-refractivity contribution < 1.29 is 17.0 Å². The summed E-state index contributed by atoms with van der Waals surface area (Å²) in [7, 11) is 0. The molecule has 0 spiro atoms. The Hall–Kier alpha value is 1.47. The largest absolute Gasteiger partial charge is 2.00 e. The molecule has 0 rings (SSSR count). The Morgan fingerprint density at radius 2 is 1.67 bits per heavy atom. The second kappa shape index (κ2) is 9.69. The summed E-state index contributed by atoms with van der Waals surface area (Å²) in [6.07, 6.45) is 0. The minimum Gasteiger partial charge on any atom is -1.00 e. The maximum Gasteiger partial charge on any atom is 2.00 e. The number of rotatable bonds is 0. The Labute approximate surface area is 73.4 Å². The topological polar surface area (TPSA) is 0 Å². The smallest absolute Gasteiger partial charge is 1.00 e. The molecule has 0 bridgehead atoms. The first kappa shape index (κ1) is 15.7. The molecule has 0 amide bonds. The Morgan fingerprint density at radius 1 is 1.67 bits per heavy atom. The predicted molar refractivity (Wildman–Crippen MR) is 28.2 cm³/mol. The van der Waals surface area contributed by atoms with Gasteiger partial charge >= 0.3 is 23.1 Å². The first-order valence-electron chi connectivity index (χ1n) is 0.978. The molecule has 0 aliphatic carbocycles. The maximum absolute atomic E-state index is 4.94. The molecule has 0 aromatic carbocycles. The molecule has 0 saturated carbocycles. The first-order chi connectivity index (χ1) is 1.73. The molecule has 32 valence electrons. The fraction of sp³-hybridized carbons (Fsp3) is 0.333. The Kier molecular flexibility index (Phi) is 25.3. The molecule has 0 atom stereocenters. The summed E-state index contributed by atoms with van der Waals surface area (Å²) < 4.78 is 0.729. The fourth-order valence-corrected chi connectivity index (χ4v) is 0. The van der Waals surface area contributed by atoms with Crippen LogP contribution in [0.15, 0.2) is 4.48 Å². The van der Waals surface area contributed by atoms with E-state index in [1.807, 2.05) is 0 Å². The second-order valence-corrected chi connectivity index (χ2v) is 1.84. The first-order valence-corrected chi connectivity index (χ1v) is 1.77. The minimum absolute atomic E-state index is 0. The van der Waals surface area contributed by atoms with Gasteiger partial charge in [0.25, 0.3) is 0 Å². The summed E-state index contributed by atoms with van der Waals surface area (Å²) in [4.78, 5) is 0. The van der Waals surface area contributed by atoms with Crippen LogP contribution in [0.3, 0.4) is 0 Å². The summed E-state index contributed by atoms with van der Waals surface area (Å²) in [5.74, 6) is 0. The Morgan fingerprint density at radius 3 is 1.67 bits per heavy atom. The van der Waals surface area contributed by atoms with Crippen molar-refractivity contribution in [2.24, 2.45) is 0 Å². The fourth-order valence-electron chi connectivity index (χ4n) is 0. The van der Waals surface area contributed by atoms with Crippen LogP contribution >= 0.6 is 15.9 Å². The minimum atomic E-state index is 0. The molecule has 3 heteroatoms. The van der Waals surface area contributed by atoms with Crippen LogP contribution in [0.25, 0.3) is 0 Å². The molecule has 0 heterocycles. The average molecular weight is 224 g/mol. The third-order valence-corrected chi connectivity index (χ3v) is 0. The molecule has 0 aromatic heterocycles. The van der Waals surface area contributed by atoms with Crippen molar-refractivity contribution in [3.63, 3.8) is 0 Å². The standard InChI is InChI=1S/C3H4Br.BrH.Mg/c1-3(2)4;;/h1H,2H3;1H;/q-1;;+2/p-1. The number of halogens is 2. The molecule has 0 fully saturated rings. The Bertz CT molecular complexity index is 31.8. The molecule has 6 heavy (non-hydrogen) atoms. The van der Waals surface area contributed by atoms with Gasteiger partial charge in [-0.3, -0.25) is 0 Å². The van der Waals surface area contributed by atoms with Crippen LogP contribution in [0.4, 0.5) is 0 Å². The zero-order chi connectivity index (χ0) is 3.58. The maximum atomic E-state index is 4.94. The van der Waals surface area contributed by atoms with Crippen LogP contribution in [0.1, 0.15) is 6.92 Å². The molecule has 0 unspecified atom stereocenters. The molecule has 0 aliphatic rings. The molecular weight excluding hydrogens is 220 g/mol. The van der Waals surface area contributed by atoms with Crippen molar-refractivity contribution in [3.05, 3.63) is 11.1 Å². The third-order valence-electron chi connectivity index (χ3n) is 0. The zero-order valence-electron chi connectivity index (χ0n) is 3.54. The van der Waals surface area contributed by atoms with Gasteiger partial charge in [-0.05, 0) is 0 Å². The molecule has 0 N–H and O–H groups in total. The summed E-state index contributed by atoms with van der Waals surface area (Å²) >= 11 is 2.97. The molecule has 0 saturated heterocycles. The molecule has 0 radical (unpaired) electrons. The van der Waals surface area contributed by atoms with Crippen LogP contribution in [-0.4, -0.2) is 23.1 Å². The van der Waals surface area contributed by atoms with E-state index in [4.69, 9.17) is 6.58 Å². The van der Waals surface area contributed by atoms with Gasteiger partial charge in [-0.1, -0.05) is 22.9 Å². The van der Waals surface area contributed by atoms with Crippen LogP contribution in [0.5, 0.6) is 0 Å². The quantitative estimate of drug-likeness (QED) is 0.341. The van der Waals surface area contributed by atoms with E-state index in [0.29, 0.717) is 0 Å². The summed E-state index contributed by atoms with van der Waals surface area (Å²) in [5, 5.41) is 0. The van der Waals surface area contributed by atoms with E-state index < -0.39 is 0 Å². The zero-order valence-corrected chi connectivity index (χ0v) is 8.13. The van der Waals surface area contributed by atoms with Crippen LogP contribution in [0.2, 0.25) is 0 Å². The predicted octanol–water partition coefficient (Wildman–Crippen LogP) is -1.66. The second-order valence-electron chi connectivity index (χ2n) is 0.587. The molecular formula is C3H4Br2Mg. The van der Waals surface area contributed by atoms with Crippen molar-refractivity contribution in [1.29, 1.82) is 0 Å². The van der Waals surface area contributed by atoms with Crippen molar-refractivity contribution in [2.75, 3.05) is 0 Å². The van der Waals surface area contributed by atoms with Gasteiger partial charge in [0.2, 0.25) is 0 Å². The average Bonchev–Trinajstić information content (AvgIpc) is 0.811. The molecule has 0 aliphatic heterocycles. The third kappa shape index (κ3) is 50.7. The van der Waals surface area contributed by atoms with Crippen LogP contribution in [-0.2, 0) is 0 Å². The van der Waals surface area contributed by atoms with Gasteiger partial charge < -0.3 is 23.6 Å². The van der Waals surface area contributed by atoms with Gasteiger partial charge in [-0.2, -0.15) is 4.48 Å². The van der Waals surface area contributed by atoms with Crippen molar-refractivity contribution >= 4 is 39.0 Å². The van der Waals surface area contributed by atoms with E-state index in [1.165, 1.54) is 0 Å². The van der Waals surface area contributed by atoms with Crippen molar-refractivity contribution in [3.8, 4) is 0 Å². The molecule has 0 nitrogen and oxygen atoms in total. The van der Waals surface area contributed by atoms with E-state index in [1.54, 1.807) is 6.92 Å². The van der Waals surface area contributed by atoms with Crippen LogP contribution < -0.4 is 17.0 Å². The van der Waals surface area contributed by atoms with E-state index in [9.17, 15) is 0 Å². The SMILES string of the molecule is [Br-].[CH-]=C(C)Br.[Mg+2]. The van der Waals surface area contributed by atoms with Crippen molar-refractivity contribution in [1.82, 2.24) is 0 Å². The van der Waals surface area contributed by atoms with Crippen LogP contribution in [0, 0.1) is 6.58 Å².